The number of benzene rings is 3. The number of halogens is 1. The summed E-state index contributed by atoms with van der Waals surface area (Å²) in [6, 6.07) is 15.6. The molecule has 1 atom stereocenters. The number of hydrogen-bond acceptors (Lipinski definition) is 4. The van der Waals surface area contributed by atoms with Gasteiger partial charge in [-0.1, -0.05) is 38.1 Å². The van der Waals surface area contributed by atoms with Crippen molar-refractivity contribution in [3.8, 4) is 5.75 Å². The fraction of sp³-hybridized carbons (Fsp3) is 0.241. The Labute approximate surface area is 204 Å². The Morgan fingerprint density at radius 3 is 2.26 bits per heavy atom. The van der Waals surface area contributed by atoms with Crippen LogP contribution in [0.3, 0.4) is 0 Å². The number of carbonyl (C=O) groups excluding carboxylic acids is 2. The predicted molar refractivity (Wildman–Crippen MR) is 134 cm³/mol. The van der Waals surface area contributed by atoms with Gasteiger partial charge < -0.3 is 9.84 Å². The molecule has 0 saturated carbocycles. The second-order valence-corrected chi connectivity index (χ2v) is 9.07. The van der Waals surface area contributed by atoms with Crippen molar-refractivity contribution in [3.05, 3.63) is 99.9 Å². The third kappa shape index (κ3) is 4.20. The third-order valence-electron chi connectivity index (χ3n) is 6.49. The molecule has 4 rings (SSSR count). The lowest BCUT2D eigenvalue weighted by Gasteiger charge is -2.27. The molecule has 6 heteroatoms. The van der Waals surface area contributed by atoms with Crippen molar-refractivity contribution >= 4 is 23.1 Å². The van der Waals surface area contributed by atoms with Crippen LogP contribution < -0.4 is 9.64 Å². The molecule has 1 heterocycles. The molecule has 0 aliphatic carbocycles. The summed E-state index contributed by atoms with van der Waals surface area (Å²) in [5.74, 6) is -1.47. The minimum Gasteiger partial charge on any atom is -0.507 e. The smallest absolute Gasteiger partial charge is 0.300 e. The highest BCUT2D eigenvalue weighted by Gasteiger charge is 2.47. The monoisotopic (exact) mass is 473 g/mol. The van der Waals surface area contributed by atoms with Gasteiger partial charge in [-0.2, -0.15) is 0 Å². The van der Waals surface area contributed by atoms with E-state index >= 15 is 0 Å². The zero-order valence-electron chi connectivity index (χ0n) is 20.4. The van der Waals surface area contributed by atoms with Gasteiger partial charge >= 0.3 is 0 Å². The van der Waals surface area contributed by atoms with Crippen molar-refractivity contribution in [1.29, 1.82) is 0 Å². The van der Waals surface area contributed by atoms with Gasteiger partial charge in [0.15, 0.2) is 0 Å². The van der Waals surface area contributed by atoms with E-state index in [9.17, 15) is 19.1 Å². The summed E-state index contributed by atoms with van der Waals surface area (Å²) in [5.41, 5.74) is 3.97. The maximum atomic E-state index is 13.6. The number of rotatable bonds is 5. The summed E-state index contributed by atoms with van der Waals surface area (Å²) in [6.45, 7) is 7.73. The van der Waals surface area contributed by atoms with Crippen LogP contribution >= 0.6 is 0 Å². The van der Waals surface area contributed by atoms with Crippen LogP contribution in [0.15, 0.2) is 66.2 Å². The molecule has 1 N–H and O–H groups in total. The van der Waals surface area contributed by atoms with Crippen molar-refractivity contribution in [2.75, 3.05) is 12.0 Å². The number of Topliss-reactive ketones (excluding diaryl/α,β-unsaturated/α-hetero) is 1. The van der Waals surface area contributed by atoms with E-state index in [4.69, 9.17) is 4.74 Å². The van der Waals surface area contributed by atoms with Gasteiger partial charge in [0.2, 0.25) is 0 Å². The highest BCUT2D eigenvalue weighted by Crippen LogP contribution is 2.44. The van der Waals surface area contributed by atoms with E-state index in [0.29, 0.717) is 28.1 Å². The summed E-state index contributed by atoms with van der Waals surface area (Å²) >= 11 is 0. The minimum atomic E-state index is -0.870. The highest BCUT2D eigenvalue weighted by molar-refractivity contribution is 6.51. The molecule has 1 unspecified atom stereocenters. The van der Waals surface area contributed by atoms with Gasteiger partial charge in [0, 0.05) is 11.3 Å². The molecule has 180 valence electrons. The molecule has 3 aromatic carbocycles. The van der Waals surface area contributed by atoms with Gasteiger partial charge in [-0.05, 0) is 78.4 Å². The molecule has 1 fully saturated rings. The SMILES string of the molecule is COc1cc(C)c(/C(O)=C2\C(=O)C(=O)N(c3ccc(F)cc3)C2c2ccccc2C)cc1C(C)C. The first-order valence-electron chi connectivity index (χ1n) is 11.5. The first kappa shape index (κ1) is 24.2. The molecule has 0 spiro atoms. The number of aliphatic hydroxyl groups excluding tert-OH is 1. The van der Waals surface area contributed by atoms with E-state index in [1.807, 2.05) is 64.1 Å². The van der Waals surface area contributed by atoms with E-state index in [2.05, 4.69) is 0 Å². The Morgan fingerprint density at radius 1 is 1.00 bits per heavy atom. The van der Waals surface area contributed by atoms with Crippen LogP contribution in [0.4, 0.5) is 10.1 Å². The molecule has 0 bridgehead atoms. The number of carbonyl (C=O) groups is 2. The Hall–Kier alpha value is -3.93. The molecule has 1 aliphatic heterocycles. The third-order valence-corrected chi connectivity index (χ3v) is 6.49. The fourth-order valence-corrected chi connectivity index (χ4v) is 4.61. The van der Waals surface area contributed by atoms with Crippen molar-refractivity contribution in [3.63, 3.8) is 0 Å². The van der Waals surface area contributed by atoms with Crippen LogP contribution in [-0.2, 0) is 9.59 Å². The van der Waals surface area contributed by atoms with Gasteiger partial charge in [-0.15, -0.1) is 0 Å². The maximum Gasteiger partial charge on any atom is 0.300 e. The minimum absolute atomic E-state index is 0.00315. The van der Waals surface area contributed by atoms with E-state index < -0.39 is 23.5 Å². The Kier molecular flexibility index (Phi) is 6.48. The van der Waals surface area contributed by atoms with Crippen LogP contribution in [0.2, 0.25) is 0 Å². The standard InChI is InChI=1S/C29H28FNO4/c1-16(2)22-15-23(18(4)14-24(22)35-5)27(32)25-26(21-9-7-6-8-17(21)3)31(29(34)28(25)33)20-12-10-19(30)11-13-20/h6-16,26,32H,1-5H3/b27-25+. The number of methoxy groups -OCH3 is 1. The summed E-state index contributed by atoms with van der Waals surface area (Å²) < 4.78 is 19.2. The number of nitrogens with zero attached hydrogens (tertiary/aromatic N) is 1. The summed E-state index contributed by atoms with van der Waals surface area (Å²) in [4.78, 5) is 28.1. The van der Waals surface area contributed by atoms with E-state index in [0.717, 1.165) is 11.1 Å². The van der Waals surface area contributed by atoms with E-state index in [1.54, 1.807) is 7.11 Å². The van der Waals surface area contributed by atoms with Crippen LogP contribution in [0.5, 0.6) is 5.75 Å². The molecular weight excluding hydrogens is 445 g/mol. The van der Waals surface area contributed by atoms with E-state index in [-0.39, 0.29) is 17.3 Å². The van der Waals surface area contributed by atoms with Crippen LogP contribution in [0.1, 0.15) is 53.6 Å². The number of hydrogen-bond donors (Lipinski definition) is 1. The fourth-order valence-electron chi connectivity index (χ4n) is 4.61. The average Bonchev–Trinajstić information content (AvgIpc) is 3.09. The Balaban J connectivity index is 2.00. The number of anilines is 1. The van der Waals surface area contributed by atoms with Crippen molar-refractivity contribution in [2.45, 2.75) is 39.7 Å². The van der Waals surface area contributed by atoms with Crippen LogP contribution in [-0.4, -0.2) is 23.9 Å². The predicted octanol–water partition coefficient (Wildman–Crippen LogP) is 6.20. The number of amides is 1. The lowest BCUT2D eigenvalue weighted by atomic mass is 9.89. The lowest BCUT2D eigenvalue weighted by Crippen LogP contribution is -2.29. The first-order valence-corrected chi connectivity index (χ1v) is 11.5. The second-order valence-electron chi connectivity index (χ2n) is 9.07. The Morgan fingerprint density at radius 2 is 1.66 bits per heavy atom. The molecule has 1 saturated heterocycles. The molecule has 3 aromatic rings. The van der Waals surface area contributed by atoms with Crippen molar-refractivity contribution in [2.24, 2.45) is 0 Å². The van der Waals surface area contributed by atoms with Crippen LogP contribution in [0, 0.1) is 19.7 Å². The number of aryl methyl sites for hydroxylation is 2. The van der Waals surface area contributed by atoms with Gasteiger partial charge in [0.05, 0.1) is 18.7 Å². The molecule has 1 amide bonds. The average molecular weight is 474 g/mol. The number of ketones is 1. The van der Waals surface area contributed by atoms with Gasteiger partial charge in [-0.25, -0.2) is 4.39 Å². The number of aliphatic hydroxyl groups is 1. The number of ether oxygens (including phenoxy) is 1. The largest absolute Gasteiger partial charge is 0.507 e. The zero-order valence-corrected chi connectivity index (χ0v) is 20.4. The second kappa shape index (κ2) is 9.37. The summed E-state index contributed by atoms with van der Waals surface area (Å²) in [6.07, 6.45) is 0. The summed E-state index contributed by atoms with van der Waals surface area (Å²) in [5, 5.41) is 11.6. The summed E-state index contributed by atoms with van der Waals surface area (Å²) in [7, 11) is 1.59. The van der Waals surface area contributed by atoms with E-state index in [1.165, 1.54) is 29.2 Å². The highest BCUT2D eigenvalue weighted by atomic mass is 19.1. The molecule has 0 radical (unpaired) electrons. The molecule has 5 nitrogen and oxygen atoms in total. The normalized spacial score (nSPS) is 17.3. The first-order chi connectivity index (χ1) is 16.6. The maximum absolute atomic E-state index is 13.6. The van der Waals surface area contributed by atoms with Gasteiger partial charge in [-0.3, -0.25) is 14.5 Å². The lowest BCUT2D eigenvalue weighted by molar-refractivity contribution is -0.132. The molecule has 0 aromatic heterocycles. The van der Waals surface area contributed by atoms with Crippen LogP contribution in [0.25, 0.3) is 5.76 Å². The van der Waals surface area contributed by atoms with Crippen molar-refractivity contribution in [1.82, 2.24) is 0 Å². The molecular formula is C29H28FNO4. The molecule has 1 aliphatic rings. The van der Waals surface area contributed by atoms with Gasteiger partial charge in [0.25, 0.3) is 11.7 Å². The zero-order chi connectivity index (χ0) is 25.4. The van der Waals surface area contributed by atoms with Crippen molar-refractivity contribution < 1.29 is 23.8 Å². The Bertz CT molecular complexity index is 1340. The molecule has 35 heavy (non-hydrogen) atoms. The quantitative estimate of drug-likeness (QED) is 0.272. The topological polar surface area (TPSA) is 66.8 Å². The van der Waals surface area contributed by atoms with Gasteiger partial charge in [0.1, 0.15) is 17.3 Å².